The highest BCUT2D eigenvalue weighted by Gasteiger charge is 2.27. The second-order valence-corrected chi connectivity index (χ2v) is 11.2. The van der Waals surface area contributed by atoms with E-state index >= 15 is 0 Å². The molecule has 0 radical (unpaired) electrons. The quantitative estimate of drug-likeness (QED) is 0.176. The second kappa shape index (κ2) is 13.6. The van der Waals surface area contributed by atoms with E-state index in [4.69, 9.17) is 9.47 Å². The number of hydrazone groups is 1. The molecule has 0 aliphatic rings. The van der Waals surface area contributed by atoms with Crippen molar-refractivity contribution in [2.75, 3.05) is 17.5 Å². The Labute approximate surface area is 241 Å². The maximum Gasteiger partial charge on any atom is 0.264 e. The van der Waals surface area contributed by atoms with Crippen LogP contribution in [0.3, 0.4) is 0 Å². The van der Waals surface area contributed by atoms with E-state index < -0.39 is 22.5 Å². The standard InChI is InChI=1S/C32H33N3O5S/c1-4-39-31-20-27(15-18-30(31)40-23-26-10-6-5-7-11-26)21-33-34-32(36)22-35(28-12-8-9-25(3)19-28)41(37,38)29-16-13-24(2)14-17-29/h5-21H,4,22-23H2,1-3H3,(H,34,36)/b33-21-. The lowest BCUT2D eigenvalue weighted by Gasteiger charge is -2.24. The number of hydrogen-bond donors (Lipinski definition) is 1. The predicted octanol–water partition coefficient (Wildman–Crippen LogP) is 5.63. The molecule has 0 atom stereocenters. The Kier molecular flexibility index (Phi) is 9.76. The van der Waals surface area contributed by atoms with Crippen LogP contribution >= 0.6 is 0 Å². The molecule has 0 aliphatic carbocycles. The van der Waals surface area contributed by atoms with Gasteiger partial charge in [-0.05, 0) is 79.9 Å². The van der Waals surface area contributed by atoms with Crippen LogP contribution in [0.4, 0.5) is 5.69 Å². The first-order valence-electron chi connectivity index (χ1n) is 13.2. The van der Waals surface area contributed by atoms with Crippen LogP contribution < -0.4 is 19.2 Å². The zero-order valence-electron chi connectivity index (χ0n) is 23.3. The molecule has 0 bridgehead atoms. The van der Waals surface area contributed by atoms with Crippen molar-refractivity contribution in [3.05, 3.63) is 119 Å². The number of amides is 1. The van der Waals surface area contributed by atoms with E-state index in [0.717, 1.165) is 21.0 Å². The Balaban J connectivity index is 1.47. The molecule has 9 heteroatoms. The molecule has 41 heavy (non-hydrogen) atoms. The lowest BCUT2D eigenvalue weighted by molar-refractivity contribution is -0.119. The van der Waals surface area contributed by atoms with Crippen molar-refractivity contribution in [2.24, 2.45) is 5.10 Å². The summed E-state index contributed by atoms with van der Waals surface area (Å²) in [5.41, 5.74) is 6.33. The van der Waals surface area contributed by atoms with E-state index in [0.29, 0.717) is 36.0 Å². The third-order valence-corrected chi connectivity index (χ3v) is 7.88. The normalized spacial score (nSPS) is 11.3. The lowest BCUT2D eigenvalue weighted by atomic mass is 10.2. The number of anilines is 1. The summed E-state index contributed by atoms with van der Waals surface area (Å²) in [6.07, 6.45) is 1.47. The van der Waals surface area contributed by atoms with Crippen molar-refractivity contribution in [1.29, 1.82) is 0 Å². The number of nitrogens with one attached hydrogen (secondary N) is 1. The summed E-state index contributed by atoms with van der Waals surface area (Å²) in [4.78, 5) is 13.0. The number of carbonyl (C=O) groups is 1. The number of benzene rings is 4. The Morgan fingerprint density at radius 1 is 0.854 bits per heavy atom. The van der Waals surface area contributed by atoms with Crippen LogP contribution in [0.25, 0.3) is 0 Å². The molecule has 1 amide bonds. The van der Waals surface area contributed by atoms with Gasteiger partial charge in [0.05, 0.1) is 23.4 Å². The van der Waals surface area contributed by atoms with Gasteiger partial charge in [0, 0.05) is 0 Å². The molecule has 0 heterocycles. The van der Waals surface area contributed by atoms with Crippen LogP contribution in [-0.2, 0) is 21.4 Å². The second-order valence-electron chi connectivity index (χ2n) is 9.37. The van der Waals surface area contributed by atoms with E-state index in [1.807, 2.05) is 57.2 Å². The Hall–Kier alpha value is -4.63. The Morgan fingerprint density at radius 2 is 1.61 bits per heavy atom. The minimum atomic E-state index is -4.01. The number of carbonyl (C=O) groups excluding carboxylic acids is 1. The number of hydrogen-bond acceptors (Lipinski definition) is 6. The SMILES string of the molecule is CCOc1cc(/C=N\NC(=O)CN(c2cccc(C)c2)S(=O)(=O)c2ccc(C)cc2)ccc1OCc1ccccc1. The van der Waals surface area contributed by atoms with Crippen LogP contribution in [-0.4, -0.2) is 33.7 Å². The van der Waals surface area contributed by atoms with Crippen molar-refractivity contribution < 1.29 is 22.7 Å². The summed E-state index contributed by atoms with van der Waals surface area (Å²) >= 11 is 0. The summed E-state index contributed by atoms with van der Waals surface area (Å²) in [6, 6.07) is 28.7. The van der Waals surface area contributed by atoms with Gasteiger partial charge >= 0.3 is 0 Å². The minimum absolute atomic E-state index is 0.0962. The first-order chi connectivity index (χ1) is 19.8. The van der Waals surface area contributed by atoms with Crippen LogP contribution in [0, 0.1) is 13.8 Å². The molecule has 0 saturated carbocycles. The van der Waals surface area contributed by atoms with E-state index in [-0.39, 0.29) is 4.90 Å². The van der Waals surface area contributed by atoms with Crippen molar-refractivity contribution in [3.8, 4) is 11.5 Å². The van der Waals surface area contributed by atoms with Crippen LogP contribution in [0.1, 0.15) is 29.2 Å². The third kappa shape index (κ3) is 7.95. The summed E-state index contributed by atoms with van der Waals surface area (Å²) in [5, 5.41) is 4.05. The van der Waals surface area contributed by atoms with Gasteiger partial charge in [-0.2, -0.15) is 5.10 Å². The highest BCUT2D eigenvalue weighted by molar-refractivity contribution is 7.92. The van der Waals surface area contributed by atoms with Crippen molar-refractivity contribution >= 4 is 27.8 Å². The van der Waals surface area contributed by atoms with Crippen molar-refractivity contribution in [2.45, 2.75) is 32.3 Å². The molecule has 1 N–H and O–H groups in total. The van der Waals surface area contributed by atoms with E-state index in [2.05, 4.69) is 10.5 Å². The van der Waals surface area contributed by atoms with Gasteiger partial charge in [0.25, 0.3) is 15.9 Å². The van der Waals surface area contributed by atoms with Gasteiger partial charge in [0.15, 0.2) is 11.5 Å². The van der Waals surface area contributed by atoms with Gasteiger partial charge in [-0.25, -0.2) is 13.8 Å². The highest BCUT2D eigenvalue weighted by atomic mass is 32.2. The number of aryl methyl sites for hydroxylation is 2. The zero-order chi connectivity index (χ0) is 29.2. The van der Waals surface area contributed by atoms with E-state index in [1.165, 1.54) is 18.3 Å². The number of rotatable bonds is 12. The van der Waals surface area contributed by atoms with Gasteiger partial charge in [-0.3, -0.25) is 9.10 Å². The lowest BCUT2D eigenvalue weighted by Crippen LogP contribution is -2.39. The smallest absolute Gasteiger partial charge is 0.264 e. The fourth-order valence-electron chi connectivity index (χ4n) is 4.01. The Bertz CT molecular complexity index is 1600. The molecular formula is C32H33N3O5S. The molecule has 0 unspecified atom stereocenters. The molecule has 8 nitrogen and oxygen atoms in total. The molecule has 212 valence electrons. The molecule has 4 aromatic carbocycles. The van der Waals surface area contributed by atoms with E-state index in [9.17, 15) is 13.2 Å². The van der Waals surface area contributed by atoms with Gasteiger partial charge in [0.2, 0.25) is 0 Å². The first kappa shape index (κ1) is 29.4. The summed E-state index contributed by atoms with van der Waals surface area (Å²) in [6.45, 7) is 6.01. The van der Waals surface area contributed by atoms with E-state index in [1.54, 1.807) is 48.5 Å². The monoisotopic (exact) mass is 571 g/mol. The van der Waals surface area contributed by atoms with Crippen LogP contribution in [0.15, 0.2) is 107 Å². The first-order valence-corrected chi connectivity index (χ1v) is 14.6. The minimum Gasteiger partial charge on any atom is -0.490 e. The molecule has 4 rings (SSSR count). The van der Waals surface area contributed by atoms with Crippen molar-refractivity contribution in [3.63, 3.8) is 0 Å². The zero-order valence-corrected chi connectivity index (χ0v) is 24.1. The van der Waals surface area contributed by atoms with Gasteiger partial charge in [-0.1, -0.05) is 60.2 Å². The topological polar surface area (TPSA) is 97.3 Å². The molecule has 4 aromatic rings. The van der Waals surface area contributed by atoms with Crippen LogP contribution in [0.2, 0.25) is 0 Å². The van der Waals surface area contributed by atoms with Crippen molar-refractivity contribution in [1.82, 2.24) is 5.43 Å². The maximum atomic E-state index is 13.5. The average Bonchev–Trinajstić information content (AvgIpc) is 2.96. The van der Waals surface area contributed by atoms with Gasteiger partial charge in [-0.15, -0.1) is 0 Å². The maximum absolute atomic E-state index is 13.5. The molecule has 0 saturated heterocycles. The summed E-state index contributed by atoms with van der Waals surface area (Å²) in [7, 11) is -4.01. The highest BCUT2D eigenvalue weighted by Crippen LogP contribution is 2.29. The molecule has 0 aliphatic heterocycles. The van der Waals surface area contributed by atoms with Gasteiger partial charge < -0.3 is 9.47 Å². The third-order valence-electron chi connectivity index (χ3n) is 6.09. The fraction of sp³-hybridized carbons (Fsp3) is 0.188. The van der Waals surface area contributed by atoms with Crippen LogP contribution in [0.5, 0.6) is 11.5 Å². The number of nitrogens with zero attached hydrogens (tertiary/aromatic N) is 2. The summed E-state index contributed by atoms with van der Waals surface area (Å²) in [5.74, 6) is 0.548. The fourth-order valence-corrected chi connectivity index (χ4v) is 5.42. The molecular weight excluding hydrogens is 538 g/mol. The largest absolute Gasteiger partial charge is 0.490 e. The number of ether oxygens (including phenoxy) is 2. The van der Waals surface area contributed by atoms with Gasteiger partial charge in [0.1, 0.15) is 13.2 Å². The molecule has 0 aromatic heterocycles. The molecule has 0 spiro atoms. The Morgan fingerprint density at radius 3 is 2.32 bits per heavy atom. The number of sulfonamides is 1. The average molecular weight is 572 g/mol. The molecule has 0 fully saturated rings. The predicted molar refractivity (Wildman–Crippen MR) is 161 cm³/mol. The summed E-state index contributed by atoms with van der Waals surface area (Å²) < 4.78 is 39.9.